The van der Waals surface area contributed by atoms with Crippen molar-refractivity contribution in [1.82, 2.24) is 4.90 Å². The Morgan fingerprint density at radius 3 is 2.26 bits per heavy atom. The third-order valence-electron chi connectivity index (χ3n) is 4.71. The highest BCUT2D eigenvalue weighted by molar-refractivity contribution is 4.98. The molecule has 2 rings (SSSR count). The second kappa shape index (κ2) is 5.70. The van der Waals surface area contributed by atoms with E-state index in [-0.39, 0.29) is 24.8 Å². The van der Waals surface area contributed by atoms with E-state index >= 15 is 0 Å². The SMILES string of the molecule is CC1CCC(C#N)C(N2CCC(C(F)(F)F)CC2)C1. The Balaban J connectivity index is 1.94. The monoisotopic (exact) mass is 274 g/mol. The largest absolute Gasteiger partial charge is 0.391 e. The molecule has 0 spiro atoms. The molecule has 2 aliphatic rings. The molecule has 1 saturated heterocycles. The van der Waals surface area contributed by atoms with Crippen LogP contribution in [0.25, 0.3) is 0 Å². The average molecular weight is 274 g/mol. The van der Waals surface area contributed by atoms with Gasteiger partial charge in [-0.25, -0.2) is 0 Å². The lowest BCUT2D eigenvalue weighted by atomic mass is 9.78. The van der Waals surface area contributed by atoms with Crippen LogP contribution in [0.15, 0.2) is 0 Å². The minimum atomic E-state index is -4.05. The van der Waals surface area contributed by atoms with Crippen LogP contribution in [0.5, 0.6) is 0 Å². The molecule has 5 heteroatoms. The highest BCUT2D eigenvalue weighted by Crippen LogP contribution is 2.38. The number of hydrogen-bond donors (Lipinski definition) is 0. The number of likely N-dealkylation sites (tertiary alicyclic amines) is 1. The lowest BCUT2D eigenvalue weighted by Gasteiger charge is -2.43. The summed E-state index contributed by atoms with van der Waals surface area (Å²) in [5.74, 6) is -0.570. The minimum Gasteiger partial charge on any atom is -0.299 e. The van der Waals surface area contributed by atoms with Crippen LogP contribution in [0.2, 0.25) is 0 Å². The van der Waals surface area contributed by atoms with E-state index in [0.717, 1.165) is 19.3 Å². The average Bonchev–Trinajstić information content (AvgIpc) is 2.38. The van der Waals surface area contributed by atoms with Gasteiger partial charge in [-0.15, -0.1) is 0 Å². The molecule has 3 atom stereocenters. The second-order valence-corrected chi connectivity index (χ2v) is 6.07. The van der Waals surface area contributed by atoms with Gasteiger partial charge in [0.1, 0.15) is 0 Å². The Kier molecular flexibility index (Phi) is 4.39. The number of hydrogen-bond acceptors (Lipinski definition) is 2. The van der Waals surface area contributed by atoms with E-state index in [4.69, 9.17) is 0 Å². The van der Waals surface area contributed by atoms with E-state index in [2.05, 4.69) is 17.9 Å². The molecule has 0 aromatic carbocycles. The van der Waals surface area contributed by atoms with Gasteiger partial charge in [-0.2, -0.15) is 18.4 Å². The van der Waals surface area contributed by atoms with Crippen molar-refractivity contribution in [3.05, 3.63) is 0 Å². The standard InChI is InChI=1S/C14H21F3N2/c1-10-2-3-11(9-18)13(8-10)19-6-4-12(5-7-19)14(15,16)17/h10-13H,2-8H2,1H3. The van der Waals surface area contributed by atoms with Gasteiger partial charge in [0.25, 0.3) is 0 Å². The van der Waals surface area contributed by atoms with Crippen molar-refractivity contribution < 1.29 is 13.2 Å². The summed E-state index contributed by atoms with van der Waals surface area (Å²) in [6, 6.07) is 2.52. The van der Waals surface area contributed by atoms with Crippen molar-refractivity contribution in [3.63, 3.8) is 0 Å². The highest BCUT2D eigenvalue weighted by Gasteiger charge is 2.43. The summed E-state index contributed by atoms with van der Waals surface area (Å²) in [7, 11) is 0. The quantitative estimate of drug-likeness (QED) is 0.730. The van der Waals surface area contributed by atoms with E-state index in [1.807, 2.05) is 0 Å². The van der Waals surface area contributed by atoms with Crippen LogP contribution in [-0.2, 0) is 0 Å². The lowest BCUT2D eigenvalue weighted by Crippen LogP contribution is -2.49. The predicted octanol–water partition coefficient (Wildman–Crippen LogP) is 3.59. The van der Waals surface area contributed by atoms with Crippen LogP contribution < -0.4 is 0 Å². The first-order valence-corrected chi connectivity index (χ1v) is 7.12. The van der Waals surface area contributed by atoms with Gasteiger partial charge in [-0.1, -0.05) is 6.92 Å². The number of nitriles is 1. The molecule has 1 aliphatic heterocycles. The zero-order valence-electron chi connectivity index (χ0n) is 11.3. The maximum atomic E-state index is 12.6. The third kappa shape index (κ3) is 3.42. The third-order valence-corrected chi connectivity index (χ3v) is 4.71. The summed E-state index contributed by atoms with van der Waals surface area (Å²) in [6.07, 6.45) is -0.774. The fraction of sp³-hybridized carbons (Fsp3) is 0.929. The molecule has 108 valence electrons. The summed E-state index contributed by atoms with van der Waals surface area (Å²) >= 11 is 0. The summed E-state index contributed by atoms with van der Waals surface area (Å²) in [5, 5.41) is 9.20. The molecule has 0 aromatic heterocycles. The van der Waals surface area contributed by atoms with E-state index in [9.17, 15) is 18.4 Å². The van der Waals surface area contributed by atoms with Gasteiger partial charge in [-0.05, 0) is 51.1 Å². The van der Waals surface area contributed by atoms with Gasteiger partial charge in [0, 0.05) is 6.04 Å². The first-order chi connectivity index (χ1) is 8.91. The van der Waals surface area contributed by atoms with Crippen LogP contribution in [0.1, 0.15) is 39.0 Å². The summed E-state index contributed by atoms with van der Waals surface area (Å²) in [5.41, 5.74) is 0. The van der Waals surface area contributed by atoms with Crippen molar-refractivity contribution in [2.75, 3.05) is 13.1 Å². The Morgan fingerprint density at radius 1 is 1.11 bits per heavy atom. The smallest absolute Gasteiger partial charge is 0.299 e. The number of nitrogens with zero attached hydrogens (tertiary/aromatic N) is 2. The van der Waals surface area contributed by atoms with E-state index in [0.29, 0.717) is 19.0 Å². The summed E-state index contributed by atoms with van der Waals surface area (Å²) in [6.45, 7) is 3.14. The summed E-state index contributed by atoms with van der Waals surface area (Å²) in [4.78, 5) is 2.13. The zero-order chi connectivity index (χ0) is 14.0. The topological polar surface area (TPSA) is 27.0 Å². The molecule has 0 aromatic rings. The van der Waals surface area contributed by atoms with E-state index in [1.165, 1.54) is 0 Å². The van der Waals surface area contributed by atoms with Crippen molar-refractivity contribution in [2.24, 2.45) is 17.8 Å². The van der Waals surface area contributed by atoms with Gasteiger partial charge in [-0.3, -0.25) is 4.90 Å². The molecule has 0 amide bonds. The Bertz CT molecular complexity index is 340. The fourth-order valence-corrected chi connectivity index (χ4v) is 3.46. The first-order valence-electron chi connectivity index (χ1n) is 7.12. The maximum Gasteiger partial charge on any atom is 0.391 e. The molecular weight excluding hydrogens is 253 g/mol. The summed E-state index contributed by atoms with van der Waals surface area (Å²) < 4.78 is 37.9. The van der Waals surface area contributed by atoms with Crippen LogP contribution in [-0.4, -0.2) is 30.2 Å². The highest BCUT2D eigenvalue weighted by atomic mass is 19.4. The predicted molar refractivity (Wildman–Crippen MR) is 66.3 cm³/mol. The zero-order valence-corrected chi connectivity index (χ0v) is 11.3. The van der Waals surface area contributed by atoms with Crippen molar-refractivity contribution in [3.8, 4) is 6.07 Å². The molecule has 19 heavy (non-hydrogen) atoms. The van der Waals surface area contributed by atoms with Gasteiger partial charge in [0.05, 0.1) is 17.9 Å². The van der Waals surface area contributed by atoms with E-state index in [1.54, 1.807) is 0 Å². The Morgan fingerprint density at radius 2 is 1.74 bits per heavy atom. The van der Waals surface area contributed by atoms with Crippen LogP contribution in [0, 0.1) is 29.1 Å². The van der Waals surface area contributed by atoms with Gasteiger partial charge in [0.2, 0.25) is 0 Å². The van der Waals surface area contributed by atoms with Crippen molar-refractivity contribution in [2.45, 2.75) is 51.2 Å². The molecule has 2 fully saturated rings. The Hall–Kier alpha value is -0.760. The van der Waals surface area contributed by atoms with Crippen LogP contribution in [0.4, 0.5) is 13.2 Å². The van der Waals surface area contributed by atoms with Gasteiger partial charge in [0.15, 0.2) is 0 Å². The molecule has 2 nitrogen and oxygen atoms in total. The maximum absolute atomic E-state index is 12.6. The van der Waals surface area contributed by atoms with Crippen molar-refractivity contribution in [1.29, 1.82) is 5.26 Å². The molecule has 1 heterocycles. The van der Waals surface area contributed by atoms with Gasteiger partial charge < -0.3 is 0 Å². The van der Waals surface area contributed by atoms with E-state index < -0.39 is 12.1 Å². The molecule has 3 unspecified atom stereocenters. The number of rotatable bonds is 1. The van der Waals surface area contributed by atoms with Gasteiger partial charge >= 0.3 is 6.18 Å². The number of halogens is 3. The van der Waals surface area contributed by atoms with Crippen LogP contribution in [0.3, 0.4) is 0 Å². The fourth-order valence-electron chi connectivity index (χ4n) is 3.46. The first kappa shape index (κ1) is 14.6. The Labute approximate surface area is 112 Å². The molecule has 0 N–H and O–H groups in total. The van der Waals surface area contributed by atoms with Crippen LogP contribution >= 0.6 is 0 Å². The lowest BCUT2D eigenvalue weighted by molar-refractivity contribution is -0.186. The molecule has 0 radical (unpaired) electrons. The number of piperidine rings is 1. The number of alkyl halides is 3. The second-order valence-electron chi connectivity index (χ2n) is 6.07. The van der Waals surface area contributed by atoms with Crippen molar-refractivity contribution >= 4 is 0 Å². The molecule has 1 aliphatic carbocycles. The normalized spacial score (nSPS) is 35.0. The molecular formula is C14H21F3N2. The molecule has 0 bridgehead atoms. The molecule has 1 saturated carbocycles. The minimum absolute atomic E-state index is 0.00126.